The molecule has 0 aliphatic carbocycles. The van der Waals surface area contributed by atoms with Crippen LogP contribution in [-0.4, -0.2) is 19.1 Å². The number of benzene rings is 2. The number of aromatic amines is 1. The molecule has 0 amide bonds. The van der Waals surface area contributed by atoms with Crippen LogP contribution in [0.5, 0.6) is 0 Å². The number of fused-ring (bicyclic) bond motifs is 1. The lowest BCUT2D eigenvalue weighted by Gasteiger charge is -2.18. The predicted molar refractivity (Wildman–Crippen MR) is 86.4 cm³/mol. The number of H-pyrrole nitrogens is 1. The first-order valence-corrected chi connectivity index (χ1v) is 6.82. The van der Waals surface area contributed by atoms with Gasteiger partial charge in [-0.1, -0.05) is 30.3 Å². The van der Waals surface area contributed by atoms with Crippen LogP contribution in [0.2, 0.25) is 0 Å². The van der Waals surface area contributed by atoms with Crippen LogP contribution in [0.4, 0.5) is 11.4 Å². The molecule has 0 spiro atoms. The monoisotopic (exact) mass is 265 g/mol. The Morgan fingerprint density at radius 1 is 1.05 bits per heavy atom. The van der Waals surface area contributed by atoms with Crippen molar-refractivity contribution >= 4 is 22.3 Å². The van der Waals surface area contributed by atoms with Gasteiger partial charge in [-0.2, -0.15) is 0 Å². The van der Waals surface area contributed by atoms with Crippen molar-refractivity contribution in [1.82, 2.24) is 4.98 Å². The predicted octanol–water partition coefficient (Wildman–Crippen LogP) is 3.85. The normalized spacial score (nSPS) is 10.7. The van der Waals surface area contributed by atoms with Crippen LogP contribution in [0.15, 0.2) is 54.7 Å². The second kappa shape index (κ2) is 5.29. The van der Waals surface area contributed by atoms with Gasteiger partial charge < -0.3 is 15.2 Å². The van der Waals surface area contributed by atoms with Gasteiger partial charge in [0.2, 0.25) is 0 Å². The molecule has 1 aromatic heterocycles. The maximum absolute atomic E-state index is 3.32. The smallest absolute Gasteiger partial charge is 0.0624 e. The standard InChI is InChI=1S/C17H19N3/c1-18-14-9-7-13(8-10-14)12-20(2)17-11-19-16-6-4-3-5-15(16)17/h3-11,18-19H,12H2,1-2H3. The van der Waals surface area contributed by atoms with Gasteiger partial charge in [0, 0.05) is 43.4 Å². The van der Waals surface area contributed by atoms with Crippen LogP contribution in [0.1, 0.15) is 5.56 Å². The molecule has 3 nitrogen and oxygen atoms in total. The molecule has 0 saturated carbocycles. The van der Waals surface area contributed by atoms with E-state index in [1.807, 2.05) is 7.05 Å². The van der Waals surface area contributed by atoms with Crippen molar-refractivity contribution < 1.29 is 0 Å². The zero-order valence-corrected chi connectivity index (χ0v) is 11.9. The van der Waals surface area contributed by atoms with E-state index in [1.54, 1.807) is 0 Å². The molecule has 102 valence electrons. The van der Waals surface area contributed by atoms with Crippen LogP contribution in [-0.2, 0) is 6.54 Å². The van der Waals surface area contributed by atoms with Crippen molar-refractivity contribution in [3.8, 4) is 0 Å². The van der Waals surface area contributed by atoms with E-state index in [1.165, 1.54) is 22.2 Å². The minimum Gasteiger partial charge on any atom is -0.388 e. The summed E-state index contributed by atoms with van der Waals surface area (Å²) in [6.07, 6.45) is 2.08. The Morgan fingerprint density at radius 3 is 2.55 bits per heavy atom. The Labute approximate surface area is 119 Å². The molecule has 0 atom stereocenters. The minimum atomic E-state index is 0.895. The van der Waals surface area contributed by atoms with Crippen molar-refractivity contribution in [2.45, 2.75) is 6.54 Å². The van der Waals surface area contributed by atoms with Gasteiger partial charge in [-0.3, -0.25) is 0 Å². The van der Waals surface area contributed by atoms with E-state index < -0.39 is 0 Å². The highest BCUT2D eigenvalue weighted by molar-refractivity contribution is 5.92. The van der Waals surface area contributed by atoms with E-state index in [-0.39, 0.29) is 0 Å². The second-order valence-electron chi connectivity index (χ2n) is 5.02. The Morgan fingerprint density at radius 2 is 1.80 bits per heavy atom. The summed E-state index contributed by atoms with van der Waals surface area (Å²) < 4.78 is 0. The topological polar surface area (TPSA) is 31.1 Å². The molecule has 2 N–H and O–H groups in total. The molecule has 0 fully saturated rings. The van der Waals surface area contributed by atoms with E-state index in [0.717, 1.165) is 12.2 Å². The molecule has 0 bridgehead atoms. The quantitative estimate of drug-likeness (QED) is 0.751. The fraction of sp³-hybridized carbons (Fsp3) is 0.176. The first kappa shape index (κ1) is 12.6. The van der Waals surface area contributed by atoms with E-state index in [0.29, 0.717) is 0 Å². The number of para-hydroxylation sites is 1. The largest absolute Gasteiger partial charge is 0.388 e. The average molecular weight is 265 g/mol. The molecule has 2 aromatic carbocycles. The highest BCUT2D eigenvalue weighted by Gasteiger charge is 2.08. The lowest BCUT2D eigenvalue weighted by Crippen LogP contribution is -2.15. The SMILES string of the molecule is CNc1ccc(CN(C)c2c[nH]c3ccccc23)cc1. The molecular formula is C17H19N3. The molecule has 3 aromatic rings. The Kier molecular flexibility index (Phi) is 3.33. The van der Waals surface area contributed by atoms with Gasteiger partial charge in [-0.25, -0.2) is 0 Å². The van der Waals surface area contributed by atoms with Crippen molar-refractivity contribution in [3.05, 3.63) is 60.3 Å². The Balaban J connectivity index is 1.83. The highest BCUT2D eigenvalue weighted by atomic mass is 15.1. The van der Waals surface area contributed by atoms with Gasteiger partial charge in [0.05, 0.1) is 5.69 Å². The summed E-state index contributed by atoms with van der Waals surface area (Å²) in [7, 11) is 4.06. The molecule has 0 aliphatic rings. The summed E-state index contributed by atoms with van der Waals surface area (Å²) in [5, 5.41) is 4.41. The Hall–Kier alpha value is -2.42. The van der Waals surface area contributed by atoms with Gasteiger partial charge >= 0.3 is 0 Å². The molecule has 3 heteroatoms. The maximum Gasteiger partial charge on any atom is 0.0624 e. The zero-order valence-electron chi connectivity index (χ0n) is 11.9. The van der Waals surface area contributed by atoms with E-state index in [2.05, 4.69) is 77.0 Å². The molecule has 0 unspecified atom stereocenters. The average Bonchev–Trinajstić information content (AvgIpc) is 2.92. The summed E-state index contributed by atoms with van der Waals surface area (Å²) in [4.78, 5) is 5.59. The minimum absolute atomic E-state index is 0.895. The van der Waals surface area contributed by atoms with Crippen molar-refractivity contribution in [2.75, 3.05) is 24.3 Å². The third kappa shape index (κ3) is 2.35. The molecule has 0 aliphatic heterocycles. The molecular weight excluding hydrogens is 246 g/mol. The van der Waals surface area contributed by atoms with Gasteiger partial charge in [0.25, 0.3) is 0 Å². The number of aromatic nitrogens is 1. The number of rotatable bonds is 4. The van der Waals surface area contributed by atoms with Gasteiger partial charge in [0.15, 0.2) is 0 Å². The van der Waals surface area contributed by atoms with E-state index in [9.17, 15) is 0 Å². The number of hydrogen-bond donors (Lipinski definition) is 2. The van der Waals surface area contributed by atoms with Crippen molar-refractivity contribution in [2.24, 2.45) is 0 Å². The number of nitrogens with one attached hydrogen (secondary N) is 2. The fourth-order valence-corrected chi connectivity index (χ4v) is 2.51. The lowest BCUT2D eigenvalue weighted by molar-refractivity contribution is 0.928. The summed E-state index contributed by atoms with van der Waals surface area (Å²) in [5.74, 6) is 0. The number of nitrogens with zero attached hydrogens (tertiary/aromatic N) is 1. The van der Waals surface area contributed by atoms with Gasteiger partial charge in [-0.15, -0.1) is 0 Å². The first-order valence-electron chi connectivity index (χ1n) is 6.82. The van der Waals surface area contributed by atoms with Gasteiger partial charge in [-0.05, 0) is 23.8 Å². The highest BCUT2D eigenvalue weighted by Crippen LogP contribution is 2.26. The van der Waals surface area contributed by atoms with Crippen molar-refractivity contribution in [1.29, 1.82) is 0 Å². The lowest BCUT2D eigenvalue weighted by atomic mass is 10.1. The zero-order chi connectivity index (χ0) is 13.9. The summed E-state index contributed by atoms with van der Waals surface area (Å²) in [6, 6.07) is 16.9. The third-order valence-corrected chi connectivity index (χ3v) is 3.64. The van der Waals surface area contributed by atoms with E-state index >= 15 is 0 Å². The molecule has 0 saturated heterocycles. The van der Waals surface area contributed by atoms with Crippen LogP contribution < -0.4 is 10.2 Å². The van der Waals surface area contributed by atoms with Gasteiger partial charge in [0.1, 0.15) is 0 Å². The number of anilines is 2. The van der Waals surface area contributed by atoms with Crippen LogP contribution in [0.25, 0.3) is 10.9 Å². The second-order valence-corrected chi connectivity index (χ2v) is 5.02. The fourth-order valence-electron chi connectivity index (χ4n) is 2.51. The van der Waals surface area contributed by atoms with E-state index in [4.69, 9.17) is 0 Å². The summed E-state index contributed by atoms with van der Waals surface area (Å²) in [5.41, 5.74) is 4.86. The summed E-state index contributed by atoms with van der Waals surface area (Å²) >= 11 is 0. The van der Waals surface area contributed by atoms with Crippen LogP contribution in [0, 0.1) is 0 Å². The third-order valence-electron chi connectivity index (χ3n) is 3.64. The Bertz CT molecular complexity index is 698. The number of hydrogen-bond acceptors (Lipinski definition) is 2. The first-order chi connectivity index (χ1) is 9.78. The van der Waals surface area contributed by atoms with Crippen molar-refractivity contribution in [3.63, 3.8) is 0 Å². The molecule has 1 heterocycles. The summed E-state index contributed by atoms with van der Waals surface area (Å²) in [6.45, 7) is 0.895. The van der Waals surface area contributed by atoms with Crippen LogP contribution >= 0.6 is 0 Å². The molecule has 3 rings (SSSR count). The molecule has 0 radical (unpaired) electrons. The molecule has 20 heavy (non-hydrogen) atoms. The van der Waals surface area contributed by atoms with Crippen LogP contribution in [0.3, 0.4) is 0 Å². The maximum atomic E-state index is 3.32.